The van der Waals surface area contributed by atoms with Crippen molar-refractivity contribution in [2.45, 2.75) is 49.8 Å². The Labute approximate surface area is 166 Å². The standard InChI is InChI=1S/C19H21Br2NO2S/c1-13-7-9-16(10-8-13)25(23,24)22-19-17(20)11-15(12-18(19)21)14-5-3-2-4-6-14/h7-12,14,22H,2-6H2,1H3. The normalized spacial score (nSPS) is 16.0. The molecule has 1 saturated carbocycles. The molecular weight excluding hydrogens is 466 g/mol. The van der Waals surface area contributed by atoms with Crippen LogP contribution in [-0.4, -0.2) is 8.42 Å². The minimum Gasteiger partial charge on any atom is -0.277 e. The van der Waals surface area contributed by atoms with Gasteiger partial charge in [0.2, 0.25) is 0 Å². The largest absolute Gasteiger partial charge is 0.277 e. The molecule has 0 spiro atoms. The maximum atomic E-state index is 12.7. The van der Waals surface area contributed by atoms with Crippen LogP contribution in [0.25, 0.3) is 0 Å². The molecule has 0 atom stereocenters. The third-order valence-electron chi connectivity index (χ3n) is 4.71. The van der Waals surface area contributed by atoms with Gasteiger partial charge in [0, 0.05) is 8.95 Å². The number of halogens is 2. The first-order valence-electron chi connectivity index (χ1n) is 8.45. The van der Waals surface area contributed by atoms with E-state index in [1.54, 1.807) is 24.3 Å². The van der Waals surface area contributed by atoms with E-state index in [1.165, 1.54) is 37.7 Å². The molecule has 0 heterocycles. The van der Waals surface area contributed by atoms with Gasteiger partial charge in [0.25, 0.3) is 10.0 Å². The molecule has 25 heavy (non-hydrogen) atoms. The van der Waals surface area contributed by atoms with Crippen LogP contribution in [0.1, 0.15) is 49.1 Å². The lowest BCUT2D eigenvalue weighted by atomic mass is 9.84. The first-order valence-corrected chi connectivity index (χ1v) is 11.5. The molecular formula is C19H21Br2NO2S. The summed E-state index contributed by atoms with van der Waals surface area (Å²) in [5.74, 6) is 0.559. The molecule has 3 nitrogen and oxygen atoms in total. The molecule has 2 aromatic carbocycles. The van der Waals surface area contributed by atoms with Crippen molar-refractivity contribution >= 4 is 47.6 Å². The Bertz CT molecular complexity index is 834. The van der Waals surface area contributed by atoms with Crippen molar-refractivity contribution in [3.63, 3.8) is 0 Å². The monoisotopic (exact) mass is 485 g/mol. The summed E-state index contributed by atoms with van der Waals surface area (Å²) in [5.41, 5.74) is 2.83. The van der Waals surface area contributed by atoms with Gasteiger partial charge in [-0.15, -0.1) is 0 Å². The zero-order valence-corrected chi connectivity index (χ0v) is 18.0. The smallest absolute Gasteiger partial charge is 0.261 e. The SMILES string of the molecule is Cc1ccc(S(=O)(=O)Nc2c(Br)cc(C3CCCCC3)cc2Br)cc1. The quantitative estimate of drug-likeness (QED) is 0.545. The molecule has 0 bridgehead atoms. The van der Waals surface area contributed by atoms with Crippen molar-refractivity contribution in [1.29, 1.82) is 0 Å². The molecule has 2 aromatic rings. The van der Waals surface area contributed by atoms with E-state index in [0.717, 1.165) is 14.5 Å². The molecule has 6 heteroatoms. The number of hydrogen-bond acceptors (Lipinski definition) is 2. The van der Waals surface area contributed by atoms with Crippen LogP contribution in [0.15, 0.2) is 50.2 Å². The van der Waals surface area contributed by atoms with Gasteiger partial charge in [0.15, 0.2) is 0 Å². The highest BCUT2D eigenvalue weighted by Gasteiger charge is 2.21. The lowest BCUT2D eigenvalue weighted by Crippen LogP contribution is -2.14. The van der Waals surface area contributed by atoms with Crippen LogP contribution in [-0.2, 0) is 10.0 Å². The van der Waals surface area contributed by atoms with Gasteiger partial charge in [0.05, 0.1) is 10.6 Å². The first-order chi connectivity index (χ1) is 11.9. The fourth-order valence-corrected chi connectivity index (χ4v) is 6.06. The lowest BCUT2D eigenvalue weighted by molar-refractivity contribution is 0.443. The predicted molar refractivity (Wildman–Crippen MR) is 110 cm³/mol. The van der Waals surface area contributed by atoms with Gasteiger partial charge in [0.1, 0.15) is 0 Å². The summed E-state index contributed by atoms with van der Waals surface area (Å²) in [7, 11) is -3.62. The molecule has 0 aromatic heterocycles. The third kappa shape index (κ3) is 4.47. The summed E-state index contributed by atoms with van der Waals surface area (Å²) < 4.78 is 29.5. The average molecular weight is 487 g/mol. The molecule has 0 aliphatic heterocycles. The molecule has 134 valence electrons. The van der Waals surface area contributed by atoms with Crippen LogP contribution < -0.4 is 4.72 Å². The fourth-order valence-electron chi connectivity index (χ4n) is 3.27. The van der Waals surface area contributed by atoms with Gasteiger partial charge in [-0.25, -0.2) is 8.42 Å². The van der Waals surface area contributed by atoms with Crippen LogP contribution in [0.4, 0.5) is 5.69 Å². The predicted octanol–water partition coefficient (Wildman–Crippen LogP) is 6.37. The summed E-state index contributed by atoms with van der Waals surface area (Å²) in [6.07, 6.45) is 6.25. The number of rotatable bonds is 4. The molecule has 1 N–H and O–H groups in total. The maximum absolute atomic E-state index is 12.7. The molecule has 0 unspecified atom stereocenters. The second-order valence-electron chi connectivity index (χ2n) is 6.61. The Morgan fingerprint density at radius 3 is 2.08 bits per heavy atom. The van der Waals surface area contributed by atoms with Crippen LogP contribution >= 0.6 is 31.9 Å². The van der Waals surface area contributed by atoms with Gasteiger partial charge in [-0.2, -0.15) is 0 Å². The molecule has 0 radical (unpaired) electrons. The molecule has 1 aliphatic rings. The Morgan fingerprint density at radius 1 is 0.960 bits per heavy atom. The van der Waals surface area contributed by atoms with Gasteiger partial charge >= 0.3 is 0 Å². The minimum atomic E-state index is -3.62. The van der Waals surface area contributed by atoms with Crippen LogP contribution in [0.2, 0.25) is 0 Å². The highest BCUT2D eigenvalue weighted by Crippen LogP contribution is 2.40. The maximum Gasteiger partial charge on any atom is 0.261 e. The van der Waals surface area contributed by atoms with E-state index < -0.39 is 10.0 Å². The Morgan fingerprint density at radius 2 is 1.52 bits per heavy atom. The number of anilines is 1. The van der Waals surface area contributed by atoms with E-state index in [0.29, 0.717) is 11.6 Å². The molecule has 3 rings (SSSR count). The molecule has 0 amide bonds. The van der Waals surface area contributed by atoms with E-state index in [1.807, 2.05) is 19.1 Å². The van der Waals surface area contributed by atoms with Crippen molar-refractivity contribution < 1.29 is 8.42 Å². The van der Waals surface area contributed by atoms with Gasteiger partial charge in [-0.05, 0) is 87.4 Å². The molecule has 1 aliphatic carbocycles. The van der Waals surface area contributed by atoms with Crippen LogP contribution in [0.5, 0.6) is 0 Å². The Kier molecular flexibility index (Phi) is 5.91. The van der Waals surface area contributed by atoms with E-state index in [4.69, 9.17) is 0 Å². The summed E-state index contributed by atoms with van der Waals surface area (Å²) in [5, 5.41) is 0. The summed E-state index contributed by atoms with van der Waals surface area (Å²) >= 11 is 7.09. The van der Waals surface area contributed by atoms with Gasteiger partial charge in [-0.1, -0.05) is 37.0 Å². The number of aryl methyl sites for hydroxylation is 1. The summed E-state index contributed by atoms with van der Waals surface area (Å²) in [6.45, 7) is 1.93. The second-order valence-corrected chi connectivity index (χ2v) is 10.0. The summed E-state index contributed by atoms with van der Waals surface area (Å²) in [4.78, 5) is 0.258. The van der Waals surface area contributed by atoms with Crippen molar-refractivity contribution in [3.8, 4) is 0 Å². The highest BCUT2D eigenvalue weighted by molar-refractivity contribution is 9.11. The van der Waals surface area contributed by atoms with E-state index >= 15 is 0 Å². The summed E-state index contributed by atoms with van der Waals surface area (Å²) in [6, 6.07) is 10.9. The van der Waals surface area contributed by atoms with Crippen molar-refractivity contribution in [3.05, 3.63) is 56.5 Å². The van der Waals surface area contributed by atoms with Crippen LogP contribution in [0.3, 0.4) is 0 Å². The number of sulfonamides is 1. The minimum absolute atomic E-state index is 0.258. The van der Waals surface area contributed by atoms with E-state index in [-0.39, 0.29) is 4.90 Å². The number of hydrogen-bond donors (Lipinski definition) is 1. The van der Waals surface area contributed by atoms with E-state index in [2.05, 4.69) is 36.6 Å². The molecule has 0 saturated heterocycles. The average Bonchev–Trinajstić information content (AvgIpc) is 2.59. The Balaban J connectivity index is 1.88. The second kappa shape index (κ2) is 7.80. The van der Waals surface area contributed by atoms with Gasteiger partial charge < -0.3 is 0 Å². The zero-order chi connectivity index (χ0) is 18.0. The van der Waals surface area contributed by atoms with Crippen molar-refractivity contribution in [1.82, 2.24) is 0 Å². The highest BCUT2D eigenvalue weighted by atomic mass is 79.9. The zero-order valence-electron chi connectivity index (χ0n) is 14.1. The van der Waals surface area contributed by atoms with E-state index in [9.17, 15) is 8.42 Å². The Hall–Kier alpha value is -0.850. The lowest BCUT2D eigenvalue weighted by Gasteiger charge is -2.23. The number of nitrogens with one attached hydrogen (secondary N) is 1. The third-order valence-corrected chi connectivity index (χ3v) is 7.33. The van der Waals surface area contributed by atoms with Crippen molar-refractivity contribution in [2.75, 3.05) is 4.72 Å². The number of benzene rings is 2. The van der Waals surface area contributed by atoms with Gasteiger partial charge in [-0.3, -0.25) is 4.72 Å². The fraction of sp³-hybridized carbons (Fsp3) is 0.368. The topological polar surface area (TPSA) is 46.2 Å². The van der Waals surface area contributed by atoms with Crippen LogP contribution in [0, 0.1) is 6.92 Å². The van der Waals surface area contributed by atoms with Crippen molar-refractivity contribution in [2.24, 2.45) is 0 Å². The first kappa shape index (κ1) is 18.9. The molecule has 1 fully saturated rings.